The second-order valence-corrected chi connectivity index (χ2v) is 6.84. The molecule has 0 aliphatic carbocycles. The molecule has 0 aliphatic heterocycles. The Balaban J connectivity index is 3.02. The molecule has 0 unspecified atom stereocenters. The van der Waals surface area contributed by atoms with E-state index >= 15 is 0 Å². The summed E-state index contributed by atoms with van der Waals surface area (Å²) in [5, 5.41) is 3.37. The molecule has 21 heavy (non-hydrogen) atoms. The molecule has 0 aromatic heterocycles. The average molecular weight is 290 g/mol. The zero-order chi connectivity index (χ0) is 16.0. The average Bonchev–Trinajstić information content (AvgIpc) is 2.36. The summed E-state index contributed by atoms with van der Waals surface area (Å²) < 4.78 is 0. The Hall–Kier alpha value is -1.51. The van der Waals surface area contributed by atoms with Crippen molar-refractivity contribution in [3.05, 3.63) is 29.8 Å². The van der Waals surface area contributed by atoms with Gasteiger partial charge in [-0.15, -0.1) is 0 Å². The molecule has 0 fully saturated rings. The van der Waals surface area contributed by atoms with Gasteiger partial charge in [0.25, 0.3) is 5.91 Å². The van der Waals surface area contributed by atoms with Crippen molar-refractivity contribution in [3.8, 4) is 0 Å². The fourth-order valence-corrected chi connectivity index (χ4v) is 2.40. The van der Waals surface area contributed by atoms with E-state index in [1.165, 1.54) is 0 Å². The number of para-hydroxylation sites is 1. The van der Waals surface area contributed by atoms with Crippen LogP contribution in [0, 0.1) is 11.8 Å². The van der Waals surface area contributed by atoms with Crippen LogP contribution in [-0.4, -0.2) is 29.9 Å². The number of benzene rings is 1. The lowest BCUT2D eigenvalue weighted by atomic mass is 10.1. The van der Waals surface area contributed by atoms with Crippen LogP contribution in [0.25, 0.3) is 0 Å². The van der Waals surface area contributed by atoms with Crippen molar-refractivity contribution in [3.63, 3.8) is 0 Å². The maximum absolute atomic E-state index is 12.9. The summed E-state index contributed by atoms with van der Waals surface area (Å²) in [6.45, 7) is 14.4. The van der Waals surface area contributed by atoms with Crippen molar-refractivity contribution in [2.24, 2.45) is 11.8 Å². The number of nitrogens with zero attached hydrogens (tertiary/aromatic N) is 1. The van der Waals surface area contributed by atoms with E-state index in [0.29, 0.717) is 17.9 Å². The molecule has 0 saturated heterocycles. The predicted molar refractivity (Wildman–Crippen MR) is 90.8 cm³/mol. The number of carbonyl (C=O) groups excluding carboxylic acids is 1. The Morgan fingerprint density at radius 2 is 1.52 bits per heavy atom. The molecule has 1 rings (SSSR count). The highest BCUT2D eigenvalue weighted by atomic mass is 16.2. The first-order valence-electron chi connectivity index (χ1n) is 7.96. The Morgan fingerprint density at radius 3 is 2.00 bits per heavy atom. The summed E-state index contributed by atoms with van der Waals surface area (Å²) in [6.07, 6.45) is 0. The lowest BCUT2D eigenvalue weighted by Gasteiger charge is -2.27. The molecule has 0 saturated carbocycles. The molecule has 1 aromatic carbocycles. The van der Waals surface area contributed by atoms with E-state index in [2.05, 4.69) is 46.9 Å². The summed E-state index contributed by atoms with van der Waals surface area (Å²) in [5.74, 6) is 1.07. The monoisotopic (exact) mass is 290 g/mol. The van der Waals surface area contributed by atoms with Crippen LogP contribution in [0.15, 0.2) is 24.3 Å². The molecule has 3 nitrogen and oxygen atoms in total. The van der Waals surface area contributed by atoms with Crippen LogP contribution in [0.2, 0.25) is 0 Å². The van der Waals surface area contributed by atoms with Gasteiger partial charge in [0, 0.05) is 24.8 Å². The molecule has 0 heterocycles. The van der Waals surface area contributed by atoms with Crippen LogP contribution >= 0.6 is 0 Å². The Bertz CT molecular complexity index is 442. The summed E-state index contributed by atoms with van der Waals surface area (Å²) in [5.41, 5.74) is 1.70. The van der Waals surface area contributed by atoms with Crippen molar-refractivity contribution in [2.75, 3.05) is 18.4 Å². The highest BCUT2D eigenvalue weighted by Crippen LogP contribution is 2.19. The lowest BCUT2D eigenvalue weighted by molar-refractivity contribution is 0.0716. The van der Waals surface area contributed by atoms with E-state index in [1.54, 1.807) is 0 Å². The van der Waals surface area contributed by atoms with E-state index < -0.39 is 0 Å². The Kier molecular flexibility index (Phi) is 6.73. The molecule has 0 aliphatic rings. The molecule has 3 heteroatoms. The number of carbonyl (C=O) groups is 1. The number of hydrogen-bond acceptors (Lipinski definition) is 2. The SMILES string of the molecule is CC(C)CN(CC(C)C)C(=O)c1ccccc1NC(C)C. The smallest absolute Gasteiger partial charge is 0.255 e. The maximum atomic E-state index is 12.9. The zero-order valence-corrected chi connectivity index (χ0v) is 14.3. The quantitative estimate of drug-likeness (QED) is 0.813. The molecule has 1 aromatic rings. The third-order valence-electron chi connectivity index (χ3n) is 3.06. The molecule has 1 amide bonds. The number of anilines is 1. The first-order valence-corrected chi connectivity index (χ1v) is 7.96. The van der Waals surface area contributed by atoms with Crippen molar-refractivity contribution >= 4 is 11.6 Å². The zero-order valence-electron chi connectivity index (χ0n) is 14.3. The van der Waals surface area contributed by atoms with Crippen LogP contribution in [0.5, 0.6) is 0 Å². The van der Waals surface area contributed by atoms with Gasteiger partial charge < -0.3 is 10.2 Å². The van der Waals surface area contributed by atoms with E-state index in [9.17, 15) is 4.79 Å². The predicted octanol–water partition coefficient (Wildman–Crippen LogP) is 4.26. The normalized spacial score (nSPS) is 11.3. The molecule has 0 radical (unpaired) electrons. The molecular formula is C18H30N2O. The summed E-state index contributed by atoms with van der Waals surface area (Å²) in [6, 6.07) is 8.11. The van der Waals surface area contributed by atoms with Crippen molar-refractivity contribution in [1.82, 2.24) is 4.90 Å². The fourth-order valence-electron chi connectivity index (χ4n) is 2.40. The van der Waals surface area contributed by atoms with Gasteiger partial charge in [0.05, 0.1) is 5.56 Å². The Labute approximate surface area is 129 Å². The third kappa shape index (κ3) is 5.78. The lowest BCUT2D eigenvalue weighted by Crippen LogP contribution is -2.37. The van der Waals surface area contributed by atoms with Crippen molar-refractivity contribution in [1.29, 1.82) is 0 Å². The van der Waals surface area contributed by atoms with Gasteiger partial charge in [0.15, 0.2) is 0 Å². The van der Waals surface area contributed by atoms with Crippen LogP contribution in [0.1, 0.15) is 51.9 Å². The third-order valence-corrected chi connectivity index (χ3v) is 3.06. The summed E-state index contributed by atoms with van der Waals surface area (Å²) in [4.78, 5) is 14.9. The van der Waals surface area contributed by atoms with Crippen LogP contribution in [0.3, 0.4) is 0 Å². The standard InChI is InChI=1S/C18H30N2O/c1-13(2)11-20(12-14(3)4)18(21)16-9-7-8-10-17(16)19-15(5)6/h7-10,13-15,19H,11-12H2,1-6H3. The second kappa shape index (κ2) is 8.06. The van der Waals surface area contributed by atoms with Gasteiger partial charge in [-0.25, -0.2) is 0 Å². The van der Waals surface area contributed by atoms with Crippen LogP contribution in [0.4, 0.5) is 5.69 Å². The van der Waals surface area contributed by atoms with Gasteiger partial charge in [-0.2, -0.15) is 0 Å². The first kappa shape index (κ1) is 17.5. The number of hydrogen-bond donors (Lipinski definition) is 1. The minimum atomic E-state index is 0.126. The van der Waals surface area contributed by atoms with Crippen molar-refractivity contribution < 1.29 is 4.79 Å². The topological polar surface area (TPSA) is 32.3 Å². The largest absolute Gasteiger partial charge is 0.382 e. The highest BCUT2D eigenvalue weighted by molar-refractivity contribution is 5.99. The van der Waals surface area contributed by atoms with Crippen molar-refractivity contribution in [2.45, 2.75) is 47.6 Å². The van der Waals surface area contributed by atoms with Gasteiger partial charge in [-0.3, -0.25) is 4.79 Å². The van der Waals surface area contributed by atoms with Crippen LogP contribution < -0.4 is 5.32 Å². The van der Waals surface area contributed by atoms with Gasteiger partial charge in [-0.1, -0.05) is 39.8 Å². The molecule has 0 atom stereocenters. The molecular weight excluding hydrogens is 260 g/mol. The van der Waals surface area contributed by atoms with Crippen LogP contribution in [-0.2, 0) is 0 Å². The molecule has 0 bridgehead atoms. The summed E-state index contributed by atoms with van der Waals surface area (Å²) >= 11 is 0. The highest BCUT2D eigenvalue weighted by Gasteiger charge is 2.20. The molecule has 1 N–H and O–H groups in total. The number of rotatable bonds is 7. The maximum Gasteiger partial charge on any atom is 0.255 e. The minimum Gasteiger partial charge on any atom is -0.382 e. The van der Waals surface area contributed by atoms with E-state index in [0.717, 1.165) is 24.3 Å². The number of amides is 1. The van der Waals surface area contributed by atoms with Gasteiger partial charge in [0.1, 0.15) is 0 Å². The van der Waals surface area contributed by atoms with E-state index in [-0.39, 0.29) is 5.91 Å². The summed E-state index contributed by atoms with van der Waals surface area (Å²) in [7, 11) is 0. The first-order chi connectivity index (χ1) is 9.81. The molecule has 0 spiro atoms. The Morgan fingerprint density at radius 1 is 1.00 bits per heavy atom. The fraction of sp³-hybridized carbons (Fsp3) is 0.611. The second-order valence-electron chi connectivity index (χ2n) is 6.84. The van der Waals surface area contributed by atoms with Gasteiger partial charge >= 0.3 is 0 Å². The van der Waals surface area contributed by atoms with Gasteiger partial charge in [-0.05, 0) is 37.8 Å². The molecule has 118 valence electrons. The number of nitrogens with one attached hydrogen (secondary N) is 1. The van der Waals surface area contributed by atoms with E-state index in [4.69, 9.17) is 0 Å². The van der Waals surface area contributed by atoms with E-state index in [1.807, 2.05) is 29.2 Å². The minimum absolute atomic E-state index is 0.126. The van der Waals surface area contributed by atoms with Gasteiger partial charge in [0.2, 0.25) is 0 Å².